The van der Waals surface area contributed by atoms with Crippen molar-refractivity contribution in [3.8, 4) is 0 Å². The fraction of sp³-hybridized carbons (Fsp3) is 0.667. The molecule has 0 spiro atoms. The highest BCUT2D eigenvalue weighted by molar-refractivity contribution is 9.10. The number of rotatable bonds is 4. The molecule has 1 unspecified atom stereocenters. The molecular formula is C12H19BrN4O2. The lowest BCUT2D eigenvalue weighted by Crippen LogP contribution is -2.47. The highest BCUT2D eigenvalue weighted by Crippen LogP contribution is 2.17. The molecule has 106 valence electrons. The Labute approximate surface area is 121 Å². The van der Waals surface area contributed by atoms with Crippen LogP contribution < -0.4 is 5.32 Å². The van der Waals surface area contributed by atoms with Gasteiger partial charge >= 0.3 is 0 Å². The van der Waals surface area contributed by atoms with Crippen molar-refractivity contribution >= 4 is 21.8 Å². The number of halogens is 1. The van der Waals surface area contributed by atoms with Gasteiger partial charge in [0.1, 0.15) is 0 Å². The van der Waals surface area contributed by atoms with Gasteiger partial charge in [-0.2, -0.15) is 5.10 Å². The number of hydrogen-bond donors (Lipinski definition) is 2. The van der Waals surface area contributed by atoms with Gasteiger partial charge in [0.15, 0.2) is 5.69 Å². The summed E-state index contributed by atoms with van der Waals surface area (Å²) in [6, 6.07) is 0.298. The van der Waals surface area contributed by atoms with E-state index in [4.69, 9.17) is 4.74 Å². The molecule has 2 N–H and O–H groups in total. The van der Waals surface area contributed by atoms with Crippen molar-refractivity contribution in [3.63, 3.8) is 0 Å². The number of morpholine rings is 1. The van der Waals surface area contributed by atoms with E-state index in [1.54, 1.807) is 0 Å². The third-order valence-electron chi connectivity index (χ3n) is 3.31. The van der Waals surface area contributed by atoms with E-state index in [1.165, 1.54) is 0 Å². The van der Waals surface area contributed by atoms with Crippen molar-refractivity contribution in [3.05, 3.63) is 15.9 Å². The zero-order valence-electron chi connectivity index (χ0n) is 11.2. The minimum Gasteiger partial charge on any atom is -0.379 e. The van der Waals surface area contributed by atoms with Gasteiger partial charge in [0.05, 0.1) is 17.7 Å². The number of aromatic nitrogens is 2. The van der Waals surface area contributed by atoms with Gasteiger partial charge in [-0.05, 0) is 29.8 Å². The number of carbonyl (C=O) groups excluding carboxylic acids is 1. The van der Waals surface area contributed by atoms with Gasteiger partial charge in [0.2, 0.25) is 0 Å². The van der Waals surface area contributed by atoms with Crippen LogP contribution in [0.5, 0.6) is 0 Å². The summed E-state index contributed by atoms with van der Waals surface area (Å²) in [5, 5.41) is 9.69. The van der Waals surface area contributed by atoms with Crippen molar-refractivity contribution < 1.29 is 9.53 Å². The Kier molecular flexibility index (Phi) is 4.95. The van der Waals surface area contributed by atoms with Crippen LogP contribution in [0, 0.1) is 6.92 Å². The van der Waals surface area contributed by atoms with Crippen molar-refractivity contribution in [2.45, 2.75) is 19.9 Å². The van der Waals surface area contributed by atoms with Gasteiger partial charge < -0.3 is 10.1 Å². The molecule has 19 heavy (non-hydrogen) atoms. The topological polar surface area (TPSA) is 70.2 Å². The molecule has 2 heterocycles. The Morgan fingerprint density at radius 3 is 2.84 bits per heavy atom. The normalized spacial score (nSPS) is 18.3. The van der Waals surface area contributed by atoms with E-state index in [0.29, 0.717) is 18.3 Å². The van der Waals surface area contributed by atoms with Crippen LogP contribution in [-0.2, 0) is 4.74 Å². The van der Waals surface area contributed by atoms with Gasteiger partial charge in [-0.1, -0.05) is 0 Å². The Hall–Kier alpha value is -0.920. The predicted octanol–water partition coefficient (Wildman–Crippen LogP) is 0.931. The van der Waals surface area contributed by atoms with E-state index in [-0.39, 0.29) is 5.91 Å². The van der Waals surface area contributed by atoms with Crippen LogP contribution in [0.2, 0.25) is 0 Å². The second kappa shape index (κ2) is 6.49. The molecular weight excluding hydrogens is 312 g/mol. The minimum absolute atomic E-state index is 0.156. The number of nitrogens with one attached hydrogen (secondary N) is 2. The van der Waals surface area contributed by atoms with Gasteiger partial charge in [-0.25, -0.2) is 0 Å². The highest BCUT2D eigenvalue weighted by atomic mass is 79.9. The van der Waals surface area contributed by atoms with Crippen LogP contribution in [0.4, 0.5) is 0 Å². The van der Waals surface area contributed by atoms with Crippen molar-refractivity contribution in [1.29, 1.82) is 0 Å². The van der Waals surface area contributed by atoms with Crippen LogP contribution in [0.3, 0.4) is 0 Å². The van der Waals surface area contributed by atoms with Crippen LogP contribution in [0.1, 0.15) is 23.1 Å². The van der Waals surface area contributed by atoms with Crippen LogP contribution in [0.25, 0.3) is 0 Å². The van der Waals surface area contributed by atoms with Gasteiger partial charge in [0, 0.05) is 31.4 Å². The molecule has 0 aromatic carbocycles. The van der Waals surface area contributed by atoms with Crippen molar-refractivity contribution in [2.24, 2.45) is 0 Å². The van der Waals surface area contributed by atoms with Gasteiger partial charge in [-0.15, -0.1) is 0 Å². The lowest BCUT2D eigenvalue weighted by molar-refractivity contribution is 0.0204. The van der Waals surface area contributed by atoms with Crippen LogP contribution in [-0.4, -0.2) is 59.9 Å². The fourth-order valence-corrected chi connectivity index (χ4v) is 2.39. The Morgan fingerprint density at radius 2 is 2.26 bits per heavy atom. The summed E-state index contributed by atoms with van der Waals surface area (Å²) in [5.74, 6) is -0.156. The standard InChI is InChI=1S/C12H19BrN4O2/c1-8(17-3-5-19-6-4-17)7-14-12(18)11-10(13)9(2)15-16-11/h8H,3-7H2,1-2H3,(H,14,18)(H,15,16). The first kappa shape index (κ1) is 14.5. The molecule has 0 aliphatic carbocycles. The fourth-order valence-electron chi connectivity index (χ4n) is 2.04. The maximum absolute atomic E-state index is 12.0. The summed E-state index contributed by atoms with van der Waals surface area (Å²) in [6.45, 7) is 7.95. The summed E-state index contributed by atoms with van der Waals surface area (Å²) >= 11 is 3.35. The first-order valence-corrected chi connectivity index (χ1v) is 7.19. The number of hydrogen-bond acceptors (Lipinski definition) is 4. The van der Waals surface area contributed by atoms with Crippen LogP contribution >= 0.6 is 15.9 Å². The zero-order valence-corrected chi connectivity index (χ0v) is 12.8. The summed E-state index contributed by atoms with van der Waals surface area (Å²) in [7, 11) is 0. The van der Waals surface area contributed by atoms with Gasteiger partial charge in [-0.3, -0.25) is 14.8 Å². The highest BCUT2D eigenvalue weighted by Gasteiger charge is 2.20. The summed E-state index contributed by atoms with van der Waals surface area (Å²) in [6.07, 6.45) is 0. The van der Waals surface area contributed by atoms with Crippen molar-refractivity contribution in [1.82, 2.24) is 20.4 Å². The summed E-state index contributed by atoms with van der Waals surface area (Å²) < 4.78 is 6.04. The van der Waals surface area contributed by atoms with E-state index >= 15 is 0 Å². The number of carbonyl (C=O) groups is 1. The number of nitrogens with zero attached hydrogens (tertiary/aromatic N) is 2. The average molecular weight is 331 g/mol. The molecule has 0 bridgehead atoms. The number of H-pyrrole nitrogens is 1. The smallest absolute Gasteiger partial charge is 0.273 e. The maximum Gasteiger partial charge on any atom is 0.273 e. The molecule has 1 saturated heterocycles. The third kappa shape index (κ3) is 3.55. The molecule has 1 aromatic rings. The molecule has 2 rings (SSSR count). The zero-order chi connectivity index (χ0) is 13.8. The SMILES string of the molecule is Cc1[nH]nc(C(=O)NCC(C)N2CCOCC2)c1Br. The molecule has 1 fully saturated rings. The largest absolute Gasteiger partial charge is 0.379 e. The second-order valence-electron chi connectivity index (χ2n) is 4.72. The molecule has 1 aliphatic rings. The average Bonchev–Trinajstić information content (AvgIpc) is 2.77. The van der Waals surface area contributed by atoms with E-state index in [2.05, 4.69) is 43.3 Å². The quantitative estimate of drug-likeness (QED) is 0.861. The number of aryl methyl sites for hydroxylation is 1. The minimum atomic E-state index is -0.156. The molecule has 6 nitrogen and oxygen atoms in total. The third-order valence-corrected chi connectivity index (χ3v) is 4.28. The molecule has 1 atom stereocenters. The molecule has 1 aromatic heterocycles. The maximum atomic E-state index is 12.0. The number of ether oxygens (including phenoxy) is 1. The lowest BCUT2D eigenvalue weighted by Gasteiger charge is -2.32. The predicted molar refractivity (Wildman–Crippen MR) is 75.2 cm³/mol. The number of amides is 1. The summed E-state index contributed by atoms with van der Waals surface area (Å²) in [5.41, 5.74) is 1.26. The van der Waals surface area contributed by atoms with E-state index in [1.807, 2.05) is 6.92 Å². The first-order chi connectivity index (χ1) is 9.09. The van der Waals surface area contributed by atoms with Gasteiger partial charge in [0.25, 0.3) is 5.91 Å². The monoisotopic (exact) mass is 330 g/mol. The molecule has 0 saturated carbocycles. The van der Waals surface area contributed by atoms with E-state index in [0.717, 1.165) is 36.5 Å². The molecule has 7 heteroatoms. The first-order valence-electron chi connectivity index (χ1n) is 6.40. The van der Waals surface area contributed by atoms with E-state index in [9.17, 15) is 4.79 Å². The van der Waals surface area contributed by atoms with Crippen molar-refractivity contribution in [2.75, 3.05) is 32.8 Å². The molecule has 1 aliphatic heterocycles. The lowest BCUT2D eigenvalue weighted by atomic mass is 10.2. The Balaban J connectivity index is 1.84. The summed E-state index contributed by atoms with van der Waals surface area (Å²) in [4.78, 5) is 14.3. The second-order valence-corrected chi connectivity index (χ2v) is 5.51. The Bertz CT molecular complexity index is 443. The molecule has 0 radical (unpaired) electrons. The van der Waals surface area contributed by atoms with Crippen LogP contribution in [0.15, 0.2) is 4.47 Å². The number of aromatic amines is 1. The molecule has 1 amide bonds. The van der Waals surface area contributed by atoms with E-state index < -0.39 is 0 Å². The Morgan fingerprint density at radius 1 is 1.58 bits per heavy atom.